The van der Waals surface area contributed by atoms with E-state index in [9.17, 15) is 28.6 Å². The smallest absolute Gasteiger partial charge is 0.311 e. The van der Waals surface area contributed by atoms with E-state index in [1.54, 1.807) is 17.8 Å². The largest absolute Gasteiger partial charge is 0.493 e. The number of methoxy groups -OCH3 is 2. The lowest BCUT2D eigenvalue weighted by atomic mass is 10.3. The minimum absolute atomic E-state index is 0.0388. The summed E-state index contributed by atoms with van der Waals surface area (Å²) in [5.41, 5.74) is -0.199. The van der Waals surface area contributed by atoms with Crippen LogP contribution in [0.25, 0.3) is 0 Å². The summed E-state index contributed by atoms with van der Waals surface area (Å²) in [5.74, 6) is 2.38. The minimum atomic E-state index is -3.00. The molecule has 200 valence electrons. The van der Waals surface area contributed by atoms with E-state index in [4.69, 9.17) is 18.9 Å². The highest BCUT2D eigenvalue weighted by Crippen LogP contribution is 2.31. The van der Waals surface area contributed by atoms with Crippen molar-refractivity contribution in [3.05, 3.63) is 56.6 Å². The van der Waals surface area contributed by atoms with Gasteiger partial charge in [-0.05, 0) is 37.0 Å². The fourth-order valence-electron chi connectivity index (χ4n) is 2.70. The molecule has 0 heterocycles. The number of hydrogen-bond donors (Lipinski definition) is 0. The van der Waals surface area contributed by atoms with Crippen LogP contribution in [0.15, 0.2) is 36.4 Å². The highest BCUT2D eigenvalue weighted by molar-refractivity contribution is 7.98. The van der Waals surface area contributed by atoms with Gasteiger partial charge in [-0.2, -0.15) is 11.8 Å². The van der Waals surface area contributed by atoms with E-state index in [1.165, 1.54) is 44.6 Å². The summed E-state index contributed by atoms with van der Waals surface area (Å²) in [4.78, 5) is 20.3. The van der Waals surface area contributed by atoms with Gasteiger partial charge in [-0.25, -0.2) is 8.42 Å². The van der Waals surface area contributed by atoms with E-state index in [2.05, 4.69) is 0 Å². The number of nitro benzene ring substituents is 2. The first-order chi connectivity index (χ1) is 17.0. The molecule has 0 aliphatic carbocycles. The molecular formula is C22H30N2O10S2. The van der Waals surface area contributed by atoms with Crippen LogP contribution in [0.2, 0.25) is 0 Å². The molecule has 0 radical (unpaired) electrons. The zero-order chi connectivity index (χ0) is 27.1. The average molecular weight is 547 g/mol. The summed E-state index contributed by atoms with van der Waals surface area (Å²) < 4.78 is 42.4. The second kappa shape index (κ2) is 15.7. The van der Waals surface area contributed by atoms with E-state index >= 15 is 0 Å². The van der Waals surface area contributed by atoms with Gasteiger partial charge in [-0.1, -0.05) is 0 Å². The van der Waals surface area contributed by atoms with Gasteiger partial charge in [0.05, 0.1) is 43.0 Å². The van der Waals surface area contributed by atoms with Crippen molar-refractivity contribution in [2.45, 2.75) is 12.8 Å². The third kappa shape index (κ3) is 11.4. The summed E-state index contributed by atoms with van der Waals surface area (Å²) in [6.45, 7) is 0.815. The van der Waals surface area contributed by atoms with Gasteiger partial charge in [0, 0.05) is 30.5 Å². The molecule has 0 aliphatic rings. The molecule has 0 aliphatic heterocycles. The lowest BCUT2D eigenvalue weighted by Crippen LogP contribution is -2.08. The van der Waals surface area contributed by atoms with Crippen LogP contribution in [-0.2, 0) is 9.84 Å². The maximum absolute atomic E-state index is 10.9. The van der Waals surface area contributed by atoms with Crippen molar-refractivity contribution in [2.75, 3.05) is 51.5 Å². The normalized spacial score (nSPS) is 10.6. The Bertz CT molecular complexity index is 1110. The SMILES string of the molecule is COc1cc(OCCCS(C)(=O)=O)ccc1[N+](=O)[O-].COc1cc(OCCCSC)ccc1[N+](=O)[O-]. The van der Waals surface area contributed by atoms with Gasteiger partial charge < -0.3 is 18.9 Å². The zero-order valence-corrected chi connectivity index (χ0v) is 22.1. The van der Waals surface area contributed by atoms with E-state index < -0.39 is 19.7 Å². The standard InChI is InChI=1S/C11H15NO6S.C11H15NO4S/c1-17-11-8-9(4-5-10(11)12(13)14)18-6-3-7-19(2,15)16;1-15-11-8-9(16-6-3-7-17-2)4-5-10(11)12(13)14/h4-5,8H,3,6-7H2,1-2H3;4-5,8H,3,6-7H2,1-2H3. The van der Waals surface area contributed by atoms with Crippen molar-refractivity contribution in [1.29, 1.82) is 0 Å². The average Bonchev–Trinajstić information content (AvgIpc) is 2.83. The summed E-state index contributed by atoms with van der Waals surface area (Å²) in [6, 6.07) is 8.64. The number of nitro groups is 2. The third-order valence-electron chi connectivity index (χ3n) is 4.39. The Morgan fingerprint density at radius 3 is 1.64 bits per heavy atom. The number of sulfone groups is 1. The van der Waals surface area contributed by atoms with E-state index in [-0.39, 0.29) is 35.2 Å². The quantitative estimate of drug-likeness (QED) is 0.190. The second-order valence-corrected chi connectivity index (χ2v) is 10.5. The van der Waals surface area contributed by atoms with Crippen molar-refractivity contribution < 1.29 is 37.2 Å². The van der Waals surface area contributed by atoms with Crippen molar-refractivity contribution in [3.8, 4) is 23.0 Å². The molecule has 36 heavy (non-hydrogen) atoms. The van der Waals surface area contributed by atoms with Gasteiger partial charge in [0.25, 0.3) is 0 Å². The Morgan fingerprint density at radius 1 is 0.833 bits per heavy atom. The van der Waals surface area contributed by atoms with Crippen LogP contribution in [-0.4, -0.2) is 69.7 Å². The number of thioether (sulfide) groups is 1. The number of ether oxygens (including phenoxy) is 4. The molecule has 0 spiro atoms. The van der Waals surface area contributed by atoms with Gasteiger partial charge in [-0.15, -0.1) is 0 Å². The molecule has 0 unspecified atom stereocenters. The molecule has 2 aromatic rings. The van der Waals surface area contributed by atoms with Gasteiger partial charge in [0.15, 0.2) is 0 Å². The lowest BCUT2D eigenvalue weighted by Gasteiger charge is -2.07. The Balaban J connectivity index is 0.000000362. The predicted octanol–water partition coefficient (Wildman–Crippen LogP) is 4.15. The van der Waals surface area contributed by atoms with Crippen molar-refractivity contribution in [2.24, 2.45) is 0 Å². The molecule has 14 heteroatoms. The van der Waals surface area contributed by atoms with Crippen LogP contribution < -0.4 is 18.9 Å². The Morgan fingerprint density at radius 2 is 1.28 bits per heavy atom. The zero-order valence-electron chi connectivity index (χ0n) is 20.5. The van der Waals surface area contributed by atoms with Gasteiger partial charge >= 0.3 is 11.4 Å². The van der Waals surface area contributed by atoms with E-state index in [1.807, 2.05) is 6.26 Å². The monoisotopic (exact) mass is 546 g/mol. The van der Waals surface area contributed by atoms with Gasteiger partial charge in [0.2, 0.25) is 11.5 Å². The van der Waals surface area contributed by atoms with Crippen molar-refractivity contribution in [1.82, 2.24) is 0 Å². The molecule has 0 saturated heterocycles. The molecular weight excluding hydrogens is 516 g/mol. The molecule has 2 rings (SSSR count). The number of benzene rings is 2. The maximum atomic E-state index is 10.9. The Kier molecular flexibility index (Phi) is 13.4. The first-order valence-electron chi connectivity index (χ1n) is 10.6. The van der Waals surface area contributed by atoms with Crippen LogP contribution in [0, 0.1) is 20.2 Å². The number of nitrogens with zero attached hydrogens (tertiary/aromatic N) is 2. The summed E-state index contributed by atoms with van der Waals surface area (Å²) in [7, 11) is -0.272. The highest BCUT2D eigenvalue weighted by atomic mass is 32.2. The molecule has 0 bridgehead atoms. The minimum Gasteiger partial charge on any atom is -0.493 e. The molecule has 12 nitrogen and oxygen atoms in total. The van der Waals surface area contributed by atoms with Gasteiger partial charge in [-0.3, -0.25) is 20.2 Å². The molecule has 0 saturated carbocycles. The third-order valence-corrected chi connectivity index (χ3v) is 6.11. The summed E-state index contributed by atoms with van der Waals surface area (Å²) >= 11 is 1.76. The van der Waals surface area contributed by atoms with Crippen molar-refractivity contribution >= 4 is 33.0 Å². The topological polar surface area (TPSA) is 157 Å². The molecule has 0 atom stereocenters. The van der Waals surface area contributed by atoms with Crippen LogP contribution in [0.3, 0.4) is 0 Å². The molecule has 0 N–H and O–H groups in total. The number of hydrogen-bond acceptors (Lipinski definition) is 11. The first-order valence-corrected chi connectivity index (χ1v) is 14.0. The van der Waals surface area contributed by atoms with Crippen LogP contribution >= 0.6 is 11.8 Å². The van der Waals surface area contributed by atoms with Crippen LogP contribution in [0.4, 0.5) is 11.4 Å². The molecule has 0 amide bonds. The first kappa shape index (κ1) is 30.8. The summed E-state index contributed by atoms with van der Waals surface area (Å²) in [6.07, 6.45) is 4.50. The predicted molar refractivity (Wildman–Crippen MR) is 138 cm³/mol. The Labute approximate surface area is 214 Å². The molecule has 0 aromatic heterocycles. The second-order valence-electron chi connectivity index (χ2n) is 7.21. The lowest BCUT2D eigenvalue weighted by molar-refractivity contribution is -0.385. The van der Waals surface area contributed by atoms with E-state index in [0.29, 0.717) is 24.5 Å². The van der Waals surface area contributed by atoms with Crippen LogP contribution in [0.5, 0.6) is 23.0 Å². The summed E-state index contributed by atoms with van der Waals surface area (Å²) in [5, 5.41) is 21.4. The highest BCUT2D eigenvalue weighted by Gasteiger charge is 2.16. The van der Waals surface area contributed by atoms with E-state index in [0.717, 1.165) is 18.4 Å². The van der Waals surface area contributed by atoms with Gasteiger partial charge in [0.1, 0.15) is 21.3 Å². The maximum Gasteiger partial charge on any atom is 0.311 e. The fourth-order valence-corrected chi connectivity index (χ4v) is 3.75. The van der Waals surface area contributed by atoms with Crippen molar-refractivity contribution in [3.63, 3.8) is 0 Å². The molecule has 0 fully saturated rings. The number of rotatable bonds is 14. The fraction of sp³-hybridized carbons (Fsp3) is 0.455. The van der Waals surface area contributed by atoms with Crippen LogP contribution in [0.1, 0.15) is 12.8 Å². The Hall–Kier alpha value is -3.26. The molecule has 2 aromatic carbocycles.